The van der Waals surface area contributed by atoms with Crippen LogP contribution < -0.4 is 0 Å². The molecule has 0 aliphatic heterocycles. The molecule has 1 aromatic heterocycles. The molecule has 1 aromatic carbocycles. The number of rotatable bonds is 3. The summed E-state index contributed by atoms with van der Waals surface area (Å²) in [5.74, 6) is 0. The van der Waals surface area contributed by atoms with E-state index in [0.29, 0.717) is 22.7 Å². The van der Waals surface area contributed by atoms with Crippen molar-refractivity contribution >= 4 is 23.6 Å². The van der Waals surface area contributed by atoms with Gasteiger partial charge in [-0.2, -0.15) is 5.10 Å². The quantitative estimate of drug-likeness (QED) is 0.492. The molecule has 0 aliphatic rings. The van der Waals surface area contributed by atoms with Crippen LogP contribution in [-0.4, -0.2) is 21.0 Å². The van der Waals surface area contributed by atoms with Gasteiger partial charge >= 0.3 is 0 Å². The second kappa shape index (κ2) is 4.81. The van der Waals surface area contributed by atoms with Gasteiger partial charge in [-0.1, -0.05) is 11.6 Å². The largest absolute Gasteiger partial charge is 0.298 e. The van der Waals surface area contributed by atoms with E-state index < -0.39 is 4.92 Å². The minimum atomic E-state index is -0.549. The molecule has 2 aromatic rings. The number of nitro groups is 1. The first-order chi connectivity index (χ1) is 8.95. The fraction of sp³-hybridized carbons (Fsp3) is 0.167. The number of hydrogen-bond donors (Lipinski definition) is 0. The molecule has 1 heterocycles. The van der Waals surface area contributed by atoms with Crippen molar-refractivity contribution in [3.8, 4) is 5.69 Å². The predicted molar refractivity (Wildman–Crippen MR) is 70.1 cm³/mol. The minimum Gasteiger partial charge on any atom is -0.298 e. The van der Waals surface area contributed by atoms with Gasteiger partial charge in [0.25, 0.3) is 5.69 Å². The molecule has 0 saturated carbocycles. The number of nitrogens with zero attached hydrogens (tertiary/aromatic N) is 3. The van der Waals surface area contributed by atoms with E-state index in [1.807, 2.05) is 0 Å². The Hall–Kier alpha value is -2.21. The highest BCUT2D eigenvalue weighted by Gasteiger charge is 2.20. The highest BCUT2D eigenvalue weighted by atomic mass is 35.5. The highest BCUT2D eigenvalue weighted by molar-refractivity contribution is 6.31. The lowest BCUT2D eigenvalue weighted by molar-refractivity contribution is -0.384. The number of aromatic nitrogens is 2. The number of benzene rings is 1. The van der Waals surface area contributed by atoms with E-state index in [2.05, 4.69) is 5.10 Å². The molecule has 7 heteroatoms. The zero-order valence-corrected chi connectivity index (χ0v) is 11.0. The number of aldehydes is 1. The molecule has 0 saturated heterocycles. The number of nitro benzene ring substituents is 1. The van der Waals surface area contributed by atoms with Crippen molar-refractivity contribution in [3.63, 3.8) is 0 Å². The zero-order chi connectivity index (χ0) is 14.2. The van der Waals surface area contributed by atoms with Crippen molar-refractivity contribution in [1.82, 2.24) is 9.78 Å². The zero-order valence-electron chi connectivity index (χ0n) is 10.3. The molecule has 98 valence electrons. The summed E-state index contributed by atoms with van der Waals surface area (Å²) in [6.45, 7) is 3.44. The van der Waals surface area contributed by atoms with Crippen molar-refractivity contribution in [2.45, 2.75) is 13.8 Å². The first-order valence-electron chi connectivity index (χ1n) is 5.41. The molecular formula is C12H10ClN3O3. The van der Waals surface area contributed by atoms with Gasteiger partial charge in [0.2, 0.25) is 0 Å². The van der Waals surface area contributed by atoms with Crippen LogP contribution in [0.1, 0.15) is 21.7 Å². The van der Waals surface area contributed by atoms with E-state index in [0.717, 1.165) is 0 Å². The number of hydrogen-bond acceptors (Lipinski definition) is 4. The Labute approximate surface area is 113 Å². The van der Waals surface area contributed by atoms with Crippen LogP contribution in [0.4, 0.5) is 5.69 Å². The monoisotopic (exact) mass is 279 g/mol. The smallest absolute Gasteiger partial charge is 0.295 e. The van der Waals surface area contributed by atoms with E-state index in [-0.39, 0.29) is 16.9 Å². The number of halogens is 1. The van der Waals surface area contributed by atoms with Crippen LogP contribution in [0.5, 0.6) is 0 Å². The number of carbonyl (C=O) groups is 1. The van der Waals surface area contributed by atoms with Crippen LogP contribution in [-0.2, 0) is 0 Å². The first-order valence-corrected chi connectivity index (χ1v) is 5.79. The molecule has 0 radical (unpaired) electrons. The summed E-state index contributed by atoms with van der Waals surface area (Å²) in [7, 11) is 0. The number of aryl methyl sites for hydroxylation is 1. The molecule has 19 heavy (non-hydrogen) atoms. The third kappa shape index (κ3) is 2.22. The summed E-state index contributed by atoms with van der Waals surface area (Å²) in [4.78, 5) is 21.2. The topological polar surface area (TPSA) is 78.0 Å². The Bertz CT molecular complexity index is 679. The second-order valence-electron chi connectivity index (χ2n) is 4.02. The van der Waals surface area contributed by atoms with Crippen molar-refractivity contribution < 1.29 is 9.72 Å². The Morgan fingerprint density at radius 1 is 1.42 bits per heavy atom. The van der Waals surface area contributed by atoms with Crippen LogP contribution in [0.2, 0.25) is 5.02 Å². The fourth-order valence-electron chi connectivity index (χ4n) is 1.80. The highest BCUT2D eigenvalue weighted by Crippen LogP contribution is 2.28. The first kappa shape index (κ1) is 13.2. The lowest BCUT2D eigenvalue weighted by Crippen LogP contribution is -2.04. The lowest BCUT2D eigenvalue weighted by atomic mass is 10.2. The summed E-state index contributed by atoms with van der Waals surface area (Å²) >= 11 is 6.03. The van der Waals surface area contributed by atoms with Crippen LogP contribution in [0.25, 0.3) is 5.69 Å². The van der Waals surface area contributed by atoms with Crippen LogP contribution in [0.3, 0.4) is 0 Å². The van der Waals surface area contributed by atoms with E-state index in [1.165, 1.54) is 22.9 Å². The van der Waals surface area contributed by atoms with E-state index >= 15 is 0 Å². The van der Waals surface area contributed by atoms with Crippen LogP contribution in [0, 0.1) is 24.0 Å². The molecule has 0 unspecified atom stereocenters. The Balaban J connectivity index is 2.71. The molecule has 0 spiro atoms. The van der Waals surface area contributed by atoms with Crippen LogP contribution >= 0.6 is 11.6 Å². The van der Waals surface area contributed by atoms with Gasteiger partial charge in [-0.15, -0.1) is 0 Å². The molecule has 0 amide bonds. The van der Waals surface area contributed by atoms with Crippen molar-refractivity contribution in [3.05, 3.63) is 50.3 Å². The number of carbonyl (C=O) groups excluding carboxylic acids is 1. The maximum Gasteiger partial charge on any atom is 0.295 e. The third-order valence-corrected chi connectivity index (χ3v) is 3.31. The second-order valence-corrected chi connectivity index (χ2v) is 4.40. The molecule has 0 N–H and O–H groups in total. The molecule has 0 fully saturated rings. The van der Waals surface area contributed by atoms with E-state index in [1.54, 1.807) is 13.8 Å². The predicted octanol–water partition coefficient (Wildman–Crippen LogP) is 2.86. The SMILES string of the molecule is Cc1nn(-c2ccc(C=O)cc2[N+](=O)[O-])c(C)c1Cl. The van der Waals surface area contributed by atoms with Gasteiger partial charge in [-0.25, -0.2) is 4.68 Å². The lowest BCUT2D eigenvalue weighted by Gasteiger charge is -2.05. The molecule has 0 atom stereocenters. The van der Waals surface area contributed by atoms with Crippen molar-refractivity contribution in [1.29, 1.82) is 0 Å². The summed E-state index contributed by atoms with van der Waals surface area (Å²) < 4.78 is 1.41. The Kier molecular flexibility index (Phi) is 3.35. The van der Waals surface area contributed by atoms with E-state index in [9.17, 15) is 14.9 Å². The molecule has 2 rings (SSSR count). The van der Waals surface area contributed by atoms with Crippen molar-refractivity contribution in [2.75, 3.05) is 0 Å². The Morgan fingerprint density at radius 2 is 2.11 bits per heavy atom. The van der Waals surface area contributed by atoms with Gasteiger partial charge in [-0.05, 0) is 26.0 Å². The van der Waals surface area contributed by atoms with E-state index in [4.69, 9.17) is 11.6 Å². The Morgan fingerprint density at radius 3 is 2.58 bits per heavy atom. The molecule has 0 bridgehead atoms. The van der Waals surface area contributed by atoms with Gasteiger partial charge in [0.1, 0.15) is 12.0 Å². The van der Waals surface area contributed by atoms with Crippen molar-refractivity contribution in [2.24, 2.45) is 0 Å². The molecule has 0 aliphatic carbocycles. The average molecular weight is 280 g/mol. The van der Waals surface area contributed by atoms with Gasteiger partial charge in [0.05, 0.1) is 21.3 Å². The molecular weight excluding hydrogens is 270 g/mol. The molecule has 6 nitrogen and oxygen atoms in total. The summed E-state index contributed by atoms with van der Waals surface area (Å²) in [6, 6.07) is 4.20. The van der Waals surface area contributed by atoms with Crippen LogP contribution in [0.15, 0.2) is 18.2 Å². The van der Waals surface area contributed by atoms with Gasteiger partial charge < -0.3 is 0 Å². The average Bonchev–Trinajstić information content (AvgIpc) is 2.65. The van der Waals surface area contributed by atoms with Gasteiger partial charge in [-0.3, -0.25) is 14.9 Å². The van der Waals surface area contributed by atoms with Gasteiger partial charge in [0, 0.05) is 11.6 Å². The summed E-state index contributed by atoms with van der Waals surface area (Å²) in [5.41, 5.74) is 1.53. The normalized spacial score (nSPS) is 10.5. The third-order valence-electron chi connectivity index (χ3n) is 2.76. The summed E-state index contributed by atoms with van der Waals surface area (Å²) in [5, 5.41) is 15.7. The maximum atomic E-state index is 11.1. The fourth-order valence-corrected chi connectivity index (χ4v) is 1.92. The standard InChI is InChI=1S/C12H10ClN3O3/c1-7-12(13)8(2)15(14-7)10-4-3-9(6-17)5-11(10)16(18)19/h3-6H,1-2H3. The van der Waals surface area contributed by atoms with Gasteiger partial charge in [0.15, 0.2) is 0 Å². The maximum absolute atomic E-state index is 11.1. The minimum absolute atomic E-state index is 0.188. The summed E-state index contributed by atoms with van der Waals surface area (Å²) in [6.07, 6.45) is 0.560.